The Kier molecular flexibility index (Phi) is 3.24. The summed E-state index contributed by atoms with van der Waals surface area (Å²) in [6.07, 6.45) is 9.60. The van der Waals surface area contributed by atoms with Crippen molar-refractivity contribution >= 4 is 11.8 Å². The number of anilines is 1. The molecule has 88 valence electrons. The molecular formula is C12H13N3O2. The molecule has 0 saturated heterocycles. The van der Waals surface area contributed by atoms with E-state index in [4.69, 9.17) is 11.5 Å². The summed E-state index contributed by atoms with van der Waals surface area (Å²) in [5, 5.41) is 11.9. The van der Waals surface area contributed by atoms with Crippen molar-refractivity contribution in [2.24, 2.45) is 0 Å². The Balaban J connectivity index is 2.21. The van der Waals surface area contributed by atoms with E-state index in [1.807, 2.05) is 0 Å². The lowest BCUT2D eigenvalue weighted by Gasteiger charge is -2.14. The predicted molar refractivity (Wildman–Crippen MR) is 62.6 cm³/mol. The van der Waals surface area contributed by atoms with Gasteiger partial charge in [0, 0.05) is 17.7 Å². The molecule has 17 heavy (non-hydrogen) atoms. The van der Waals surface area contributed by atoms with Crippen molar-refractivity contribution in [3.8, 4) is 12.3 Å². The molecule has 5 nitrogen and oxygen atoms in total. The van der Waals surface area contributed by atoms with Gasteiger partial charge in [-0.15, -0.1) is 12.3 Å². The first kappa shape index (κ1) is 11.4. The van der Waals surface area contributed by atoms with E-state index in [2.05, 4.69) is 21.2 Å². The zero-order valence-electron chi connectivity index (χ0n) is 9.31. The highest BCUT2D eigenvalue weighted by atomic mass is 16.4. The quantitative estimate of drug-likeness (QED) is 0.751. The molecule has 0 radical (unpaired) electrons. The molecule has 1 aromatic heterocycles. The fourth-order valence-corrected chi connectivity index (χ4v) is 1.97. The summed E-state index contributed by atoms with van der Waals surface area (Å²) in [6, 6.07) is -0.792. The summed E-state index contributed by atoms with van der Waals surface area (Å²) in [7, 11) is 0. The van der Waals surface area contributed by atoms with Crippen molar-refractivity contribution in [1.29, 1.82) is 0 Å². The molecule has 0 aliphatic heterocycles. The Morgan fingerprint density at radius 2 is 2.41 bits per heavy atom. The van der Waals surface area contributed by atoms with Crippen LogP contribution in [-0.4, -0.2) is 27.1 Å². The number of rotatable bonds is 4. The second-order valence-electron chi connectivity index (χ2n) is 3.94. The molecule has 0 saturated carbocycles. The molecule has 1 heterocycles. The average Bonchev–Trinajstić information content (AvgIpc) is 2.77. The van der Waals surface area contributed by atoms with Gasteiger partial charge < -0.3 is 10.4 Å². The minimum Gasteiger partial charge on any atom is -0.480 e. The van der Waals surface area contributed by atoms with E-state index < -0.39 is 12.0 Å². The van der Waals surface area contributed by atoms with Crippen molar-refractivity contribution in [2.75, 3.05) is 5.32 Å². The Morgan fingerprint density at radius 1 is 1.59 bits per heavy atom. The van der Waals surface area contributed by atoms with Gasteiger partial charge in [-0.05, 0) is 19.3 Å². The van der Waals surface area contributed by atoms with Crippen LogP contribution in [0.1, 0.15) is 24.1 Å². The van der Waals surface area contributed by atoms with E-state index in [-0.39, 0.29) is 6.42 Å². The van der Waals surface area contributed by atoms with Gasteiger partial charge in [0.25, 0.3) is 0 Å². The molecule has 1 aliphatic carbocycles. The summed E-state index contributed by atoms with van der Waals surface area (Å²) < 4.78 is 0. The molecule has 1 atom stereocenters. The zero-order valence-corrected chi connectivity index (χ0v) is 9.31. The van der Waals surface area contributed by atoms with Crippen LogP contribution in [0.15, 0.2) is 6.33 Å². The van der Waals surface area contributed by atoms with E-state index in [0.29, 0.717) is 5.82 Å². The first-order chi connectivity index (χ1) is 8.22. The highest BCUT2D eigenvalue weighted by molar-refractivity contribution is 5.77. The monoisotopic (exact) mass is 231 g/mol. The van der Waals surface area contributed by atoms with Crippen LogP contribution in [0.5, 0.6) is 0 Å². The van der Waals surface area contributed by atoms with Gasteiger partial charge >= 0.3 is 5.97 Å². The van der Waals surface area contributed by atoms with Crippen molar-refractivity contribution in [3.63, 3.8) is 0 Å². The highest BCUT2D eigenvalue weighted by Crippen LogP contribution is 2.25. The Labute approximate surface area is 99.3 Å². The van der Waals surface area contributed by atoms with E-state index in [1.165, 1.54) is 6.33 Å². The van der Waals surface area contributed by atoms with E-state index in [0.717, 1.165) is 30.5 Å². The molecule has 0 aromatic carbocycles. The smallest absolute Gasteiger partial charge is 0.327 e. The SMILES string of the molecule is C#CCC(Nc1ncnc2c1CCC2)C(=O)O. The van der Waals surface area contributed by atoms with Gasteiger partial charge in [0.1, 0.15) is 18.2 Å². The third-order valence-electron chi connectivity index (χ3n) is 2.81. The number of aromatic nitrogens is 2. The predicted octanol–water partition coefficient (Wildman–Crippen LogP) is 0.854. The normalized spacial score (nSPS) is 14.8. The van der Waals surface area contributed by atoms with Crippen LogP contribution in [0.2, 0.25) is 0 Å². The van der Waals surface area contributed by atoms with Gasteiger partial charge in [0.15, 0.2) is 0 Å². The number of carbonyl (C=O) groups is 1. The number of carboxylic acid groups (broad SMARTS) is 1. The Hall–Kier alpha value is -2.09. The molecule has 1 aromatic rings. The molecule has 0 spiro atoms. The summed E-state index contributed by atoms with van der Waals surface area (Å²) in [4.78, 5) is 19.3. The van der Waals surface area contributed by atoms with Gasteiger partial charge in [0.05, 0.1) is 0 Å². The minimum absolute atomic E-state index is 0.133. The number of hydrogen-bond acceptors (Lipinski definition) is 4. The molecular weight excluding hydrogens is 218 g/mol. The first-order valence-electron chi connectivity index (χ1n) is 5.48. The summed E-state index contributed by atoms with van der Waals surface area (Å²) in [5.74, 6) is 1.99. The summed E-state index contributed by atoms with van der Waals surface area (Å²) >= 11 is 0. The van der Waals surface area contributed by atoms with Gasteiger partial charge in [-0.3, -0.25) is 0 Å². The van der Waals surface area contributed by atoms with Crippen LogP contribution in [0, 0.1) is 12.3 Å². The Bertz CT molecular complexity index is 479. The van der Waals surface area contributed by atoms with Gasteiger partial charge in [-0.2, -0.15) is 0 Å². The largest absolute Gasteiger partial charge is 0.480 e. The van der Waals surface area contributed by atoms with Gasteiger partial charge in [-0.25, -0.2) is 14.8 Å². The number of fused-ring (bicyclic) bond motifs is 1. The topological polar surface area (TPSA) is 75.1 Å². The molecule has 1 aliphatic rings. The fourth-order valence-electron chi connectivity index (χ4n) is 1.97. The summed E-state index contributed by atoms with van der Waals surface area (Å²) in [5.41, 5.74) is 2.03. The van der Waals surface area contributed by atoms with E-state index in [9.17, 15) is 4.79 Å². The molecule has 2 N–H and O–H groups in total. The van der Waals surface area contributed by atoms with Crippen molar-refractivity contribution < 1.29 is 9.90 Å². The van der Waals surface area contributed by atoms with Crippen molar-refractivity contribution in [2.45, 2.75) is 31.7 Å². The number of nitrogens with zero attached hydrogens (tertiary/aromatic N) is 2. The second-order valence-corrected chi connectivity index (χ2v) is 3.94. The van der Waals surface area contributed by atoms with Gasteiger partial charge in [-0.1, -0.05) is 0 Å². The standard InChI is InChI=1S/C12H13N3O2/c1-2-4-10(12(16)17)15-11-8-5-3-6-9(8)13-7-14-11/h1,7,10H,3-6H2,(H,16,17)(H,13,14,15). The maximum absolute atomic E-state index is 11.0. The lowest BCUT2D eigenvalue weighted by Crippen LogP contribution is -2.29. The highest BCUT2D eigenvalue weighted by Gasteiger charge is 2.21. The maximum atomic E-state index is 11.0. The van der Waals surface area contributed by atoms with Crippen LogP contribution in [0.4, 0.5) is 5.82 Å². The average molecular weight is 231 g/mol. The third-order valence-corrected chi connectivity index (χ3v) is 2.81. The molecule has 5 heteroatoms. The molecule has 0 amide bonds. The molecule has 2 rings (SSSR count). The molecule has 0 fully saturated rings. The Morgan fingerprint density at radius 3 is 3.12 bits per heavy atom. The van der Waals surface area contributed by atoms with Crippen LogP contribution >= 0.6 is 0 Å². The number of nitrogens with one attached hydrogen (secondary N) is 1. The number of aryl methyl sites for hydroxylation is 1. The number of carboxylic acids is 1. The fraction of sp³-hybridized carbons (Fsp3) is 0.417. The third kappa shape index (κ3) is 2.36. The van der Waals surface area contributed by atoms with Crippen LogP contribution in [-0.2, 0) is 17.6 Å². The van der Waals surface area contributed by atoms with Crippen LogP contribution in [0.3, 0.4) is 0 Å². The number of terminal acetylenes is 1. The van der Waals surface area contributed by atoms with Crippen molar-refractivity contribution in [1.82, 2.24) is 9.97 Å². The maximum Gasteiger partial charge on any atom is 0.327 e. The second kappa shape index (κ2) is 4.83. The van der Waals surface area contributed by atoms with Crippen molar-refractivity contribution in [3.05, 3.63) is 17.6 Å². The zero-order chi connectivity index (χ0) is 12.3. The summed E-state index contributed by atoms with van der Waals surface area (Å²) in [6.45, 7) is 0. The van der Waals surface area contributed by atoms with E-state index in [1.54, 1.807) is 0 Å². The van der Waals surface area contributed by atoms with Crippen LogP contribution in [0.25, 0.3) is 0 Å². The van der Waals surface area contributed by atoms with E-state index >= 15 is 0 Å². The molecule has 1 unspecified atom stereocenters. The molecule has 0 bridgehead atoms. The van der Waals surface area contributed by atoms with Gasteiger partial charge in [0.2, 0.25) is 0 Å². The number of aliphatic carboxylic acids is 1. The van der Waals surface area contributed by atoms with Crippen LogP contribution < -0.4 is 5.32 Å². The lowest BCUT2D eigenvalue weighted by atomic mass is 10.2. The first-order valence-corrected chi connectivity index (χ1v) is 5.48. The minimum atomic E-state index is -0.965. The lowest BCUT2D eigenvalue weighted by molar-refractivity contribution is -0.137. The number of hydrogen-bond donors (Lipinski definition) is 2.